The smallest absolute Gasteiger partial charge is 0.328 e. The van der Waals surface area contributed by atoms with Gasteiger partial charge in [-0.15, -0.1) is 5.10 Å². The first-order valence-electron chi connectivity index (χ1n) is 13.3. The molecule has 2 atom stereocenters. The molecule has 2 aliphatic heterocycles. The Morgan fingerprint density at radius 1 is 1.12 bits per heavy atom. The molecule has 1 aromatic heterocycles. The van der Waals surface area contributed by atoms with E-state index in [4.69, 9.17) is 14.9 Å². The van der Waals surface area contributed by atoms with Crippen LogP contribution in [-0.4, -0.2) is 111 Å². The van der Waals surface area contributed by atoms with Crippen molar-refractivity contribution in [2.24, 2.45) is 11.8 Å². The Morgan fingerprint density at radius 2 is 1.78 bits per heavy atom. The van der Waals surface area contributed by atoms with Crippen LogP contribution >= 0.6 is 0 Å². The van der Waals surface area contributed by atoms with Gasteiger partial charge in [0, 0.05) is 50.9 Å². The molecule has 1 aromatic carbocycles. The maximum absolute atomic E-state index is 14.1. The van der Waals surface area contributed by atoms with Crippen LogP contribution in [0.1, 0.15) is 30.8 Å². The lowest BCUT2D eigenvalue weighted by Gasteiger charge is -2.39. The molecule has 0 saturated carbocycles. The monoisotopic (exact) mass is 574 g/mol. The third kappa shape index (κ3) is 9.18. The minimum Gasteiger partial charge on any atom is -0.478 e. The fourth-order valence-electron chi connectivity index (χ4n) is 4.58. The highest BCUT2D eigenvalue weighted by atomic mass is 19.1. The zero-order valence-electron chi connectivity index (χ0n) is 23.0. The predicted molar refractivity (Wildman–Crippen MR) is 144 cm³/mol. The number of piperidine rings is 1. The van der Waals surface area contributed by atoms with Gasteiger partial charge < -0.3 is 30.1 Å². The van der Waals surface area contributed by atoms with Gasteiger partial charge in [-0.3, -0.25) is 9.59 Å². The average molecular weight is 575 g/mol. The number of carboxylic acids is 2. The van der Waals surface area contributed by atoms with Crippen molar-refractivity contribution in [2.45, 2.75) is 26.3 Å². The number of carboxylic acid groups (broad SMARTS) is 2. The molecule has 2 fully saturated rings. The lowest BCUT2D eigenvalue weighted by atomic mass is 9.92. The number of aromatic nitrogens is 3. The van der Waals surface area contributed by atoms with Gasteiger partial charge in [0.05, 0.1) is 25.3 Å². The third-order valence-corrected chi connectivity index (χ3v) is 6.44. The summed E-state index contributed by atoms with van der Waals surface area (Å²) in [4.78, 5) is 49.3. The number of halogens is 1. The molecule has 0 aliphatic carbocycles. The number of rotatable bonds is 8. The van der Waals surface area contributed by atoms with E-state index in [0.29, 0.717) is 64.5 Å². The summed E-state index contributed by atoms with van der Waals surface area (Å²) >= 11 is 0. The number of carbonyl (C=O) groups is 4. The highest BCUT2D eigenvalue weighted by Gasteiger charge is 2.36. The first kappa shape index (κ1) is 31.4. The first-order chi connectivity index (χ1) is 19.6. The van der Waals surface area contributed by atoms with Gasteiger partial charge in [-0.2, -0.15) is 0 Å². The molecule has 2 amide bonds. The van der Waals surface area contributed by atoms with Gasteiger partial charge in [0.1, 0.15) is 11.5 Å². The molecule has 3 N–H and O–H groups in total. The van der Waals surface area contributed by atoms with Crippen LogP contribution < -0.4 is 5.32 Å². The third-order valence-electron chi connectivity index (χ3n) is 6.44. The number of carbonyl (C=O) groups excluding carboxylic acids is 2. The molecule has 2 aliphatic rings. The van der Waals surface area contributed by atoms with Crippen LogP contribution in [0.15, 0.2) is 42.6 Å². The van der Waals surface area contributed by atoms with Crippen molar-refractivity contribution in [3.63, 3.8) is 0 Å². The Kier molecular flexibility index (Phi) is 11.5. The second-order valence-corrected chi connectivity index (χ2v) is 10.0. The predicted octanol–water partition coefficient (Wildman–Crippen LogP) is 1.05. The Bertz CT molecular complexity index is 1230. The van der Waals surface area contributed by atoms with Crippen molar-refractivity contribution in [1.29, 1.82) is 0 Å². The zero-order valence-corrected chi connectivity index (χ0v) is 23.0. The van der Waals surface area contributed by atoms with Gasteiger partial charge >= 0.3 is 11.9 Å². The fourth-order valence-corrected chi connectivity index (χ4v) is 4.58. The summed E-state index contributed by atoms with van der Waals surface area (Å²) < 4.78 is 20.8. The summed E-state index contributed by atoms with van der Waals surface area (Å²) in [6.07, 6.45) is 3.16. The fraction of sp³-hybridized carbons (Fsp3) is 0.481. The van der Waals surface area contributed by atoms with Crippen molar-refractivity contribution < 1.29 is 38.5 Å². The number of nitrogens with one attached hydrogen (secondary N) is 1. The van der Waals surface area contributed by atoms with Crippen molar-refractivity contribution in [3.8, 4) is 5.69 Å². The maximum atomic E-state index is 14.1. The van der Waals surface area contributed by atoms with E-state index in [9.17, 15) is 23.6 Å². The van der Waals surface area contributed by atoms with Crippen LogP contribution in [0.4, 0.5) is 4.39 Å². The van der Waals surface area contributed by atoms with E-state index in [1.54, 1.807) is 23.1 Å². The van der Waals surface area contributed by atoms with Crippen LogP contribution in [0, 0.1) is 17.7 Å². The normalized spacial score (nSPS) is 19.0. The summed E-state index contributed by atoms with van der Waals surface area (Å²) in [6, 6.07) is 6.06. The number of hydrogen-bond donors (Lipinski definition) is 3. The summed E-state index contributed by atoms with van der Waals surface area (Å²) in [5, 5.41) is 27.0. The van der Waals surface area contributed by atoms with E-state index in [1.807, 2.05) is 18.7 Å². The molecule has 14 heteroatoms. The van der Waals surface area contributed by atoms with E-state index < -0.39 is 17.8 Å². The highest BCUT2D eigenvalue weighted by Crippen LogP contribution is 2.22. The van der Waals surface area contributed by atoms with Gasteiger partial charge in [0.25, 0.3) is 5.91 Å². The molecule has 0 unspecified atom stereocenters. The second-order valence-electron chi connectivity index (χ2n) is 10.0. The standard InChI is InChI=1S/C23H31FN6O3.C4H4O4/c1-16(2)14-29(18-11-17(12-25-13-18)22(31)28-7-9-33-10-8-28)23(32)20-15-30(27-26-20)21-6-4-3-5-19(21)24;5-3(6)1-2-4(7)8/h3-6,15-18,25H,7-14H2,1-2H3;1-2H,(H,5,6)(H,7,8)/t17-,18+;/m1./s1. The number of para-hydroxylation sites is 1. The molecule has 0 radical (unpaired) electrons. The number of nitrogens with zero attached hydrogens (tertiary/aromatic N) is 5. The van der Waals surface area contributed by atoms with E-state index in [0.717, 1.165) is 0 Å². The number of ether oxygens (including phenoxy) is 1. The lowest BCUT2D eigenvalue weighted by Crippen LogP contribution is -2.56. The largest absolute Gasteiger partial charge is 0.478 e. The summed E-state index contributed by atoms with van der Waals surface area (Å²) in [6.45, 7) is 8.15. The van der Waals surface area contributed by atoms with Crippen molar-refractivity contribution in [2.75, 3.05) is 45.9 Å². The Hall–Kier alpha value is -4.17. The molecule has 41 heavy (non-hydrogen) atoms. The molecule has 4 rings (SSSR count). The first-order valence-corrected chi connectivity index (χ1v) is 13.3. The number of benzene rings is 1. The summed E-state index contributed by atoms with van der Waals surface area (Å²) in [5.41, 5.74) is 0.385. The van der Waals surface area contributed by atoms with E-state index in [-0.39, 0.29) is 41.1 Å². The second kappa shape index (κ2) is 15.0. The minimum atomic E-state index is -1.26. The van der Waals surface area contributed by atoms with E-state index in [1.165, 1.54) is 16.9 Å². The molecular formula is C27H35FN6O7. The maximum Gasteiger partial charge on any atom is 0.328 e. The lowest BCUT2D eigenvalue weighted by molar-refractivity contribution is -0.140. The van der Waals surface area contributed by atoms with Crippen molar-refractivity contribution in [3.05, 3.63) is 54.1 Å². The van der Waals surface area contributed by atoms with Gasteiger partial charge in [0.15, 0.2) is 5.69 Å². The topological polar surface area (TPSA) is 167 Å². The summed E-state index contributed by atoms with van der Waals surface area (Å²) in [7, 11) is 0. The molecule has 3 heterocycles. The highest BCUT2D eigenvalue weighted by molar-refractivity contribution is 5.92. The number of amides is 2. The summed E-state index contributed by atoms with van der Waals surface area (Å²) in [5.74, 6) is -3.08. The number of aliphatic carboxylic acids is 2. The number of hydrogen-bond acceptors (Lipinski definition) is 8. The van der Waals surface area contributed by atoms with Gasteiger partial charge in [-0.05, 0) is 24.5 Å². The molecule has 13 nitrogen and oxygen atoms in total. The Balaban J connectivity index is 0.000000507. The quantitative estimate of drug-likeness (QED) is 0.388. The molecule has 2 aromatic rings. The average Bonchev–Trinajstić information content (AvgIpc) is 3.45. The zero-order chi connectivity index (χ0) is 29.9. The van der Waals surface area contributed by atoms with E-state index >= 15 is 0 Å². The number of morpholine rings is 1. The van der Waals surface area contributed by atoms with E-state index in [2.05, 4.69) is 15.6 Å². The molecule has 0 spiro atoms. The SMILES string of the molecule is CC(C)CN(C(=O)c1cn(-c2ccccc2F)nn1)[C@@H]1CNC[C@H](C(=O)N2CCOCC2)C1.O=C(O)C=CC(=O)O. The van der Waals surface area contributed by atoms with Crippen molar-refractivity contribution >= 4 is 23.8 Å². The van der Waals surface area contributed by atoms with Crippen LogP contribution in [0.2, 0.25) is 0 Å². The van der Waals surface area contributed by atoms with Crippen LogP contribution in [0.25, 0.3) is 5.69 Å². The molecule has 2 saturated heterocycles. The van der Waals surface area contributed by atoms with Gasteiger partial charge in [-0.1, -0.05) is 31.2 Å². The van der Waals surface area contributed by atoms with Crippen LogP contribution in [0.5, 0.6) is 0 Å². The Labute approximate surface area is 236 Å². The van der Waals surface area contributed by atoms with Gasteiger partial charge in [0.2, 0.25) is 5.91 Å². The van der Waals surface area contributed by atoms with Gasteiger partial charge in [-0.25, -0.2) is 18.7 Å². The van der Waals surface area contributed by atoms with Crippen LogP contribution in [-0.2, 0) is 19.1 Å². The minimum absolute atomic E-state index is 0.109. The van der Waals surface area contributed by atoms with Crippen LogP contribution in [0.3, 0.4) is 0 Å². The van der Waals surface area contributed by atoms with Crippen molar-refractivity contribution in [1.82, 2.24) is 30.1 Å². The molecular weight excluding hydrogens is 539 g/mol. The Morgan fingerprint density at radius 3 is 2.39 bits per heavy atom. The molecule has 0 bridgehead atoms. The molecule has 222 valence electrons.